The fraction of sp³-hybridized carbons (Fsp3) is 0.533. The van der Waals surface area contributed by atoms with Crippen molar-refractivity contribution in [1.29, 1.82) is 0 Å². The van der Waals surface area contributed by atoms with Gasteiger partial charge in [-0.05, 0) is 37.1 Å². The van der Waals surface area contributed by atoms with Gasteiger partial charge in [0.25, 0.3) is 5.91 Å². The van der Waals surface area contributed by atoms with Gasteiger partial charge in [0, 0.05) is 25.8 Å². The Morgan fingerprint density at radius 1 is 1.30 bits per heavy atom. The van der Waals surface area contributed by atoms with Gasteiger partial charge in [0.2, 0.25) is 0 Å². The highest BCUT2D eigenvalue weighted by Gasteiger charge is 2.05. The summed E-state index contributed by atoms with van der Waals surface area (Å²) in [5.74, 6) is -0.0548. The van der Waals surface area contributed by atoms with Gasteiger partial charge in [0.15, 0.2) is 0 Å². The molecule has 0 bridgehead atoms. The van der Waals surface area contributed by atoms with Crippen LogP contribution in [0.5, 0.6) is 0 Å². The molecule has 1 aromatic rings. The molecule has 20 heavy (non-hydrogen) atoms. The number of amides is 1. The van der Waals surface area contributed by atoms with Gasteiger partial charge in [-0.25, -0.2) is 0 Å². The maximum Gasteiger partial charge on any atom is 0.251 e. The van der Waals surface area contributed by atoms with Crippen LogP contribution < -0.4 is 11.1 Å². The number of nitrogens with one attached hydrogen (secondary N) is 1. The Morgan fingerprint density at radius 3 is 2.90 bits per heavy atom. The molecule has 5 heteroatoms. The van der Waals surface area contributed by atoms with Crippen molar-refractivity contribution in [3.63, 3.8) is 0 Å². The van der Waals surface area contributed by atoms with E-state index in [9.17, 15) is 4.79 Å². The third kappa shape index (κ3) is 6.65. The number of benzene rings is 1. The van der Waals surface area contributed by atoms with Crippen LogP contribution in [-0.4, -0.2) is 45.9 Å². The van der Waals surface area contributed by atoms with Crippen LogP contribution in [-0.2, 0) is 15.9 Å². The molecule has 0 aromatic heterocycles. The maximum absolute atomic E-state index is 11.9. The zero-order chi connectivity index (χ0) is 14.6. The lowest BCUT2D eigenvalue weighted by atomic mass is 10.1. The molecule has 0 saturated heterocycles. The van der Waals surface area contributed by atoms with E-state index in [0.29, 0.717) is 38.5 Å². The monoisotopic (exact) mass is 280 g/mol. The molecule has 112 valence electrons. The second-order valence-corrected chi connectivity index (χ2v) is 4.45. The van der Waals surface area contributed by atoms with Crippen molar-refractivity contribution in [3.8, 4) is 0 Å². The van der Waals surface area contributed by atoms with Crippen molar-refractivity contribution in [2.75, 3.05) is 40.0 Å². The molecule has 5 nitrogen and oxygen atoms in total. The van der Waals surface area contributed by atoms with Crippen molar-refractivity contribution in [1.82, 2.24) is 5.32 Å². The average molecular weight is 280 g/mol. The SMILES string of the molecule is COCCOCCCNC(=O)c1cccc(CCN)c1. The maximum atomic E-state index is 11.9. The summed E-state index contributed by atoms with van der Waals surface area (Å²) in [7, 11) is 1.64. The Morgan fingerprint density at radius 2 is 2.15 bits per heavy atom. The van der Waals surface area contributed by atoms with Crippen LogP contribution in [0, 0.1) is 0 Å². The summed E-state index contributed by atoms with van der Waals surface area (Å²) in [6, 6.07) is 7.56. The van der Waals surface area contributed by atoms with Gasteiger partial charge in [-0.1, -0.05) is 12.1 Å². The standard InChI is InChI=1S/C15H24N2O3/c1-19-10-11-20-9-3-8-17-15(18)14-5-2-4-13(12-14)6-7-16/h2,4-5,12H,3,6-11,16H2,1H3,(H,17,18). The van der Waals surface area contributed by atoms with E-state index in [1.165, 1.54) is 0 Å². The van der Waals surface area contributed by atoms with Gasteiger partial charge in [0.1, 0.15) is 0 Å². The molecule has 0 aliphatic rings. The Hall–Kier alpha value is -1.43. The van der Waals surface area contributed by atoms with Crippen molar-refractivity contribution in [2.45, 2.75) is 12.8 Å². The fourth-order valence-corrected chi connectivity index (χ4v) is 1.76. The van der Waals surface area contributed by atoms with E-state index in [1.807, 2.05) is 24.3 Å². The number of hydrogen-bond donors (Lipinski definition) is 2. The normalized spacial score (nSPS) is 10.5. The lowest BCUT2D eigenvalue weighted by molar-refractivity contribution is 0.0688. The summed E-state index contributed by atoms with van der Waals surface area (Å²) in [6.07, 6.45) is 1.58. The average Bonchev–Trinajstić information content (AvgIpc) is 2.47. The van der Waals surface area contributed by atoms with E-state index >= 15 is 0 Å². The van der Waals surface area contributed by atoms with E-state index in [0.717, 1.165) is 18.4 Å². The number of carbonyl (C=O) groups excluding carboxylic acids is 1. The predicted molar refractivity (Wildman–Crippen MR) is 78.8 cm³/mol. The number of hydrogen-bond acceptors (Lipinski definition) is 4. The lowest BCUT2D eigenvalue weighted by Gasteiger charge is -2.07. The molecule has 0 heterocycles. The van der Waals surface area contributed by atoms with Crippen molar-refractivity contribution >= 4 is 5.91 Å². The first-order valence-electron chi connectivity index (χ1n) is 6.92. The molecule has 3 N–H and O–H groups in total. The topological polar surface area (TPSA) is 73.6 Å². The molecule has 0 aliphatic heterocycles. The number of ether oxygens (including phenoxy) is 2. The first-order chi connectivity index (χ1) is 9.77. The zero-order valence-corrected chi connectivity index (χ0v) is 12.1. The van der Waals surface area contributed by atoms with E-state index in [2.05, 4.69) is 5.32 Å². The summed E-state index contributed by atoms with van der Waals surface area (Å²) in [4.78, 5) is 11.9. The summed E-state index contributed by atoms with van der Waals surface area (Å²) in [5.41, 5.74) is 7.27. The summed E-state index contributed by atoms with van der Waals surface area (Å²) >= 11 is 0. The molecule has 0 spiro atoms. The number of methoxy groups -OCH3 is 1. The van der Waals surface area contributed by atoms with Gasteiger partial charge >= 0.3 is 0 Å². The second kappa shape index (κ2) is 10.4. The molecular formula is C15H24N2O3. The molecule has 1 rings (SSSR count). The Bertz CT molecular complexity index is 396. The first-order valence-corrected chi connectivity index (χ1v) is 6.92. The number of carbonyl (C=O) groups is 1. The molecule has 1 amide bonds. The van der Waals surface area contributed by atoms with Gasteiger partial charge in [-0.2, -0.15) is 0 Å². The first kappa shape index (κ1) is 16.6. The van der Waals surface area contributed by atoms with Crippen LogP contribution in [0.25, 0.3) is 0 Å². The van der Waals surface area contributed by atoms with Crippen LogP contribution >= 0.6 is 0 Å². The van der Waals surface area contributed by atoms with E-state index in [1.54, 1.807) is 7.11 Å². The Labute approximate surface area is 120 Å². The van der Waals surface area contributed by atoms with Crippen LogP contribution in [0.15, 0.2) is 24.3 Å². The van der Waals surface area contributed by atoms with Crippen LogP contribution in [0.1, 0.15) is 22.3 Å². The van der Waals surface area contributed by atoms with Crippen molar-refractivity contribution in [3.05, 3.63) is 35.4 Å². The molecule has 0 atom stereocenters. The highest BCUT2D eigenvalue weighted by atomic mass is 16.5. The third-order valence-corrected chi connectivity index (χ3v) is 2.80. The van der Waals surface area contributed by atoms with Crippen LogP contribution in [0.2, 0.25) is 0 Å². The highest BCUT2D eigenvalue weighted by molar-refractivity contribution is 5.94. The van der Waals surface area contributed by atoms with Crippen molar-refractivity contribution < 1.29 is 14.3 Å². The Kier molecular flexibility index (Phi) is 8.62. The van der Waals surface area contributed by atoms with Crippen molar-refractivity contribution in [2.24, 2.45) is 5.73 Å². The molecule has 0 unspecified atom stereocenters. The van der Waals surface area contributed by atoms with Gasteiger partial charge in [-0.15, -0.1) is 0 Å². The largest absolute Gasteiger partial charge is 0.382 e. The highest BCUT2D eigenvalue weighted by Crippen LogP contribution is 2.05. The zero-order valence-electron chi connectivity index (χ0n) is 12.1. The number of nitrogens with two attached hydrogens (primary N) is 1. The second-order valence-electron chi connectivity index (χ2n) is 4.45. The predicted octanol–water partition coefficient (Wildman–Crippen LogP) is 0.971. The summed E-state index contributed by atoms with van der Waals surface area (Å²) in [6.45, 7) is 3.00. The minimum Gasteiger partial charge on any atom is -0.382 e. The molecule has 0 radical (unpaired) electrons. The van der Waals surface area contributed by atoms with Gasteiger partial charge in [0.05, 0.1) is 13.2 Å². The smallest absolute Gasteiger partial charge is 0.251 e. The molecule has 0 fully saturated rings. The minimum absolute atomic E-state index is 0.0548. The minimum atomic E-state index is -0.0548. The van der Waals surface area contributed by atoms with Gasteiger partial charge in [-0.3, -0.25) is 4.79 Å². The van der Waals surface area contributed by atoms with Crippen LogP contribution in [0.3, 0.4) is 0 Å². The molecule has 0 aliphatic carbocycles. The molecule has 0 saturated carbocycles. The fourth-order valence-electron chi connectivity index (χ4n) is 1.76. The summed E-state index contributed by atoms with van der Waals surface area (Å²) < 4.78 is 10.2. The Balaban J connectivity index is 2.23. The quantitative estimate of drug-likeness (QED) is 0.626. The summed E-state index contributed by atoms with van der Waals surface area (Å²) in [5, 5.41) is 2.88. The molecular weight excluding hydrogens is 256 g/mol. The van der Waals surface area contributed by atoms with Gasteiger partial charge < -0.3 is 20.5 Å². The van der Waals surface area contributed by atoms with E-state index < -0.39 is 0 Å². The molecule has 1 aromatic carbocycles. The van der Waals surface area contributed by atoms with E-state index in [-0.39, 0.29) is 5.91 Å². The number of rotatable bonds is 10. The van der Waals surface area contributed by atoms with Crippen LogP contribution in [0.4, 0.5) is 0 Å². The van der Waals surface area contributed by atoms with E-state index in [4.69, 9.17) is 15.2 Å². The lowest BCUT2D eigenvalue weighted by Crippen LogP contribution is -2.25. The third-order valence-electron chi connectivity index (χ3n) is 2.80.